The molecule has 0 aromatic heterocycles. The van der Waals surface area contributed by atoms with E-state index in [1.165, 1.54) is 48.3 Å². The van der Waals surface area contributed by atoms with Crippen LogP contribution in [0.25, 0.3) is 0 Å². The highest BCUT2D eigenvalue weighted by molar-refractivity contribution is 7.92. The number of amides is 2. The average Bonchev–Trinajstić information content (AvgIpc) is 2.98. The second-order valence-corrected chi connectivity index (χ2v) is 10.5. The first-order valence-electron chi connectivity index (χ1n) is 12.4. The number of carbonyl (C=O) groups is 2. The van der Waals surface area contributed by atoms with E-state index in [9.17, 15) is 22.4 Å². The van der Waals surface area contributed by atoms with E-state index >= 15 is 0 Å². The number of nitrogens with one attached hydrogen (secondary N) is 2. The first kappa shape index (κ1) is 28.3. The molecular weight excluding hydrogens is 533 g/mol. The fourth-order valence-corrected chi connectivity index (χ4v) is 5.08. The van der Waals surface area contributed by atoms with Crippen molar-refractivity contribution in [3.63, 3.8) is 0 Å². The number of sulfonamides is 1. The van der Waals surface area contributed by atoms with Gasteiger partial charge in [0.05, 0.1) is 4.90 Å². The van der Waals surface area contributed by atoms with Crippen molar-refractivity contribution in [1.82, 2.24) is 10.2 Å². The van der Waals surface area contributed by atoms with E-state index in [0.29, 0.717) is 5.56 Å². The molecule has 2 amide bonds. The summed E-state index contributed by atoms with van der Waals surface area (Å²) in [6.45, 7) is -0.213. The minimum Gasteiger partial charge on any atom is -0.484 e. The number of ether oxygens (including phenoxy) is 1. The van der Waals surface area contributed by atoms with E-state index in [0.717, 1.165) is 17.7 Å². The van der Waals surface area contributed by atoms with Gasteiger partial charge < -0.3 is 15.0 Å². The molecule has 0 bridgehead atoms. The Morgan fingerprint density at radius 1 is 0.850 bits per heavy atom. The Bertz CT molecular complexity index is 1530. The predicted octanol–water partition coefficient (Wildman–Crippen LogP) is 4.52. The van der Waals surface area contributed by atoms with Gasteiger partial charge in [-0.1, -0.05) is 60.7 Å². The number of likely N-dealkylation sites (N-methyl/N-ethyl adjacent to an activating group) is 1. The zero-order valence-electron chi connectivity index (χ0n) is 21.7. The van der Waals surface area contributed by atoms with Gasteiger partial charge in [0.25, 0.3) is 15.9 Å². The van der Waals surface area contributed by atoms with Gasteiger partial charge in [-0.05, 0) is 59.7 Å². The number of hydrogen-bond acceptors (Lipinski definition) is 5. The van der Waals surface area contributed by atoms with Gasteiger partial charge in [0.1, 0.15) is 17.6 Å². The zero-order valence-corrected chi connectivity index (χ0v) is 22.5. The highest BCUT2D eigenvalue weighted by atomic mass is 32.2. The van der Waals surface area contributed by atoms with Gasteiger partial charge in [-0.15, -0.1) is 0 Å². The molecule has 0 saturated heterocycles. The van der Waals surface area contributed by atoms with Crippen molar-refractivity contribution in [2.45, 2.75) is 17.5 Å². The third-order valence-corrected chi connectivity index (χ3v) is 7.43. The standard InChI is InChI=1S/C30H28FN3O5S/c1-32-30(36)29(23-10-6-3-7-11-23)34(20-22-8-4-2-5-9-22)28(35)21-39-26-16-18-27(19-17-26)40(37,38)33-25-14-12-24(31)13-15-25/h2-19,29,33H,20-21H2,1H3,(H,32,36)/t29-/m0/s1. The maximum atomic E-state index is 13.5. The topological polar surface area (TPSA) is 105 Å². The monoisotopic (exact) mass is 561 g/mol. The van der Waals surface area contributed by atoms with Crippen molar-refractivity contribution in [1.29, 1.82) is 0 Å². The lowest BCUT2D eigenvalue weighted by Gasteiger charge is -2.31. The van der Waals surface area contributed by atoms with Gasteiger partial charge >= 0.3 is 0 Å². The lowest BCUT2D eigenvalue weighted by atomic mass is 10.0. The highest BCUT2D eigenvalue weighted by Crippen LogP contribution is 2.25. The summed E-state index contributed by atoms with van der Waals surface area (Å²) in [5, 5.41) is 2.64. The molecule has 0 aliphatic carbocycles. The van der Waals surface area contributed by atoms with Crippen LogP contribution >= 0.6 is 0 Å². The summed E-state index contributed by atoms with van der Waals surface area (Å²) in [7, 11) is -2.41. The molecule has 4 aromatic carbocycles. The van der Waals surface area contributed by atoms with Crippen molar-refractivity contribution in [2.24, 2.45) is 0 Å². The lowest BCUT2D eigenvalue weighted by Crippen LogP contribution is -2.44. The van der Waals surface area contributed by atoms with Crippen molar-refractivity contribution < 1.29 is 27.1 Å². The molecule has 10 heteroatoms. The Hall–Kier alpha value is -4.70. The van der Waals surface area contributed by atoms with E-state index in [4.69, 9.17) is 4.74 Å². The molecule has 0 fully saturated rings. The molecule has 40 heavy (non-hydrogen) atoms. The summed E-state index contributed by atoms with van der Waals surface area (Å²) in [5.74, 6) is -0.994. The fourth-order valence-electron chi connectivity index (χ4n) is 4.02. The van der Waals surface area contributed by atoms with E-state index in [2.05, 4.69) is 10.0 Å². The third-order valence-electron chi connectivity index (χ3n) is 6.03. The van der Waals surface area contributed by atoms with Crippen molar-refractivity contribution >= 4 is 27.5 Å². The van der Waals surface area contributed by atoms with Gasteiger partial charge in [0.2, 0.25) is 5.91 Å². The predicted molar refractivity (Wildman–Crippen MR) is 149 cm³/mol. The summed E-state index contributed by atoms with van der Waals surface area (Å²) < 4.78 is 46.6. The van der Waals surface area contributed by atoms with E-state index in [1.54, 1.807) is 24.3 Å². The smallest absolute Gasteiger partial charge is 0.261 e. The summed E-state index contributed by atoms with van der Waals surface area (Å²) in [6.07, 6.45) is 0. The summed E-state index contributed by atoms with van der Waals surface area (Å²) in [5.41, 5.74) is 1.70. The molecule has 4 aromatic rings. The molecule has 4 rings (SSSR count). The van der Waals surface area contributed by atoms with E-state index in [1.807, 2.05) is 36.4 Å². The number of hydrogen-bond donors (Lipinski definition) is 2. The number of benzene rings is 4. The molecule has 206 valence electrons. The van der Waals surface area contributed by atoms with Crippen LogP contribution in [0.4, 0.5) is 10.1 Å². The molecule has 0 heterocycles. The molecule has 0 spiro atoms. The minimum atomic E-state index is -3.92. The Kier molecular flexibility index (Phi) is 9.13. The molecule has 0 aliphatic heterocycles. The Labute approximate surface area is 232 Å². The van der Waals surface area contributed by atoms with Crippen LogP contribution in [0.5, 0.6) is 5.75 Å². The fraction of sp³-hybridized carbons (Fsp3) is 0.133. The van der Waals surface area contributed by atoms with E-state index < -0.39 is 27.8 Å². The molecule has 0 aliphatic rings. The molecule has 0 unspecified atom stereocenters. The first-order valence-corrected chi connectivity index (χ1v) is 13.9. The maximum absolute atomic E-state index is 13.5. The van der Waals surface area contributed by atoms with Gasteiger partial charge in [-0.3, -0.25) is 14.3 Å². The number of halogens is 1. The summed E-state index contributed by atoms with van der Waals surface area (Å²) in [6, 6.07) is 27.9. The van der Waals surface area contributed by atoms with Gasteiger partial charge in [-0.25, -0.2) is 12.8 Å². The van der Waals surface area contributed by atoms with Crippen LogP contribution in [0, 0.1) is 5.82 Å². The quantitative estimate of drug-likeness (QED) is 0.280. The lowest BCUT2D eigenvalue weighted by molar-refractivity contribution is -0.143. The Morgan fingerprint density at radius 3 is 2.05 bits per heavy atom. The van der Waals surface area contributed by atoms with Gasteiger partial charge in [0, 0.05) is 19.3 Å². The largest absolute Gasteiger partial charge is 0.484 e. The Balaban J connectivity index is 1.50. The van der Waals surface area contributed by atoms with Crippen LogP contribution in [0.15, 0.2) is 114 Å². The van der Waals surface area contributed by atoms with Crippen LogP contribution < -0.4 is 14.8 Å². The Morgan fingerprint density at radius 2 is 1.45 bits per heavy atom. The molecule has 0 saturated carbocycles. The highest BCUT2D eigenvalue weighted by Gasteiger charge is 2.31. The zero-order chi connectivity index (χ0) is 28.5. The third kappa shape index (κ3) is 7.23. The van der Waals surface area contributed by atoms with Crippen LogP contribution in [-0.4, -0.2) is 38.8 Å². The molecule has 2 N–H and O–H groups in total. The molecule has 1 atom stereocenters. The van der Waals surface area contributed by atoms with Crippen molar-refractivity contribution in [3.05, 3.63) is 126 Å². The normalized spacial score (nSPS) is 11.8. The van der Waals surface area contributed by atoms with Crippen LogP contribution in [0.1, 0.15) is 17.2 Å². The SMILES string of the molecule is CNC(=O)[C@H](c1ccccc1)N(Cc1ccccc1)C(=O)COc1ccc(S(=O)(=O)Nc2ccc(F)cc2)cc1. The van der Waals surface area contributed by atoms with Gasteiger partial charge in [0.15, 0.2) is 6.61 Å². The maximum Gasteiger partial charge on any atom is 0.261 e. The first-order chi connectivity index (χ1) is 19.3. The minimum absolute atomic E-state index is 0.0371. The van der Waals surface area contributed by atoms with Crippen molar-refractivity contribution in [3.8, 4) is 5.75 Å². The summed E-state index contributed by atoms with van der Waals surface area (Å²) in [4.78, 5) is 27.9. The molecule has 8 nitrogen and oxygen atoms in total. The van der Waals surface area contributed by atoms with Crippen molar-refractivity contribution in [2.75, 3.05) is 18.4 Å². The second-order valence-electron chi connectivity index (χ2n) is 8.81. The average molecular weight is 562 g/mol. The number of carbonyl (C=O) groups excluding carboxylic acids is 2. The number of anilines is 1. The molecule has 0 radical (unpaired) electrons. The van der Waals surface area contributed by atoms with Crippen LogP contribution in [0.3, 0.4) is 0 Å². The second kappa shape index (κ2) is 12.9. The summed E-state index contributed by atoms with van der Waals surface area (Å²) >= 11 is 0. The van der Waals surface area contributed by atoms with E-state index in [-0.39, 0.29) is 35.4 Å². The number of nitrogens with zero attached hydrogens (tertiary/aromatic N) is 1. The molecular formula is C30H28FN3O5S. The van der Waals surface area contributed by atoms with Crippen LogP contribution in [0.2, 0.25) is 0 Å². The number of rotatable bonds is 11. The van der Waals surface area contributed by atoms with Gasteiger partial charge in [-0.2, -0.15) is 0 Å². The van der Waals surface area contributed by atoms with Crippen LogP contribution in [-0.2, 0) is 26.2 Å².